The molecule has 1 aromatic rings. The fraction of sp³-hybridized carbons (Fsp3) is 0.600. The highest BCUT2D eigenvalue weighted by atomic mass is 16.1. The van der Waals surface area contributed by atoms with Crippen LogP contribution < -0.4 is 11.1 Å². The third kappa shape index (κ3) is 3.61. The molecule has 15 heavy (non-hydrogen) atoms. The van der Waals surface area contributed by atoms with Crippen LogP contribution in [0.1, 0.15) is 26.7 Å². The topological polar surface area (TPSA) is 72.9 Å². The summed E-state index contributed by atoms with van der Waals surface area (Å²) in [6.45, 7) is 4.40. The van der Waals surface area contributed by atoms with Gasteiger partial charge in [0.1, 0.15) is 6.54 Å². The third-order valence-electron chi connectivity index (χ3n) is 2.31. The van der Waals surface area contributed by atoms with Crippen LogP contribution in [0.4, 0.5) is 5.69 Å². The standard InChI is InChI=1S/C10H18N4O/c1-3-8(4-2)13-9-5-12-14(6-9)7-10(11)15/h5-6,8,13H,3-4,7H2,1-2H3,(H2,11,15). The van der Waals surface area contributed by atoms with Gasteiger partial charge in [0.2, 0.25) is 5.91 Å². The Morgan fingerprint density at radius 2 is 2.27 bits per heavy atom. The molecule has 0 atom stereocenters. The first-order valence-corrected chi connectivity index (χ1v) is 5.23. The Morgan fingerprint density at radius 1 is 1.60 bits per heavy atom. The van der Waals surface area contributed by atoms with Crippen molar-refractivity contribution in [3.05, 3.63) is 12.4 Å². The highest BCUT2D eigenvalue weighted by Crippen LogP contribution is 2.10. The molecule has 5 nitrogen and oxygen atoms in total. The van der Waals surface area contributed by atoms with E-state index in [1.165, 1.54) is 4.68 Å². The minimum absolute atomic E-state index is 0.130. The molecule has 1 rings (SSSR count). The molecule has 0 aliphatic rings. The molecular weight excluding hydrogens is 192 g/mol. The van der Waals surface area contributed by atoms with Crippen LogP contribution in [0.15, 0.2) is 12.4 Å². The molecule has 3 N–H and O–H groups in total. The molecule has 5 heteroatoms. The van der Waals surface area contributed by atoms with Crippen LogP contribution in [-0.2, 0) is 11.3 Å². The predicted molar refractivity (Wildman–Crippen MR) is 59.4 cm³/mol. The van der Waals surface area contributed by atoms with Gasteiger partial charge >= 0.3 is 0 Å². The molecule has 0 spiro atoms. The van der Waals surface area contributed by atoms with Gasteiger partial charge in [-0.2, -0.15) is 5.10 Å². The molecule has 0 fully saturated rings. The van der Waals surface area contributed by atoms with Crippen molar-refractivity contribution in [1.82, 2.24) is 9.78 Å². The number of nitrogens with two attached hydrogens (primary N) is 1. The van der Waals surface area contributed by atoms with E-state index in [-0.39, 0.29) is 12.5 Å². The molecule has 0 aliphatic heterocycles. The summed E-state index contributed by atoms with van der Waals surface area (Å²) in [4.78, 5) is 10.7. The summed E-state index contributed by atoms with van der Waals surface area (Å²) in [6, 6.07) is 0.455. The van der Waals surface area contributed by atoms with E-state index in [0.29, 0.717) is 6.04 Å². The lowest BCUT2D eigenvalue weighted by Gasteiger charge is -2.13. The Bertz CT molecular complexity index is 317. The Hall–Kier alpha value is -1.52. The van der Waals surface area contributed by atoms with Crippen molar-refractivity contribution < 1.29 is 4.79 Å². The molecule has 0 aromatic carbocycles. The summed E-state index contributed by atoms with van der Waals surface area (Å²) in [6.07, 6.45) is 5.64. The average Bonchev–Trinajstić information content (AvgIpc) is 2.61. The molecule has 1 heterocycles. The van der Waals surface area contributed by atoms with Gasteiger partial charge in [0.05, 0.1) is 11.9 Å². The molecule has 1 amide bonds. The van der Waals surface area contributed by atoms with E-state index >= 15 is 0 Å². The second-order valence-corrected chi connectivity index (χ2v) is 3.55. The number of amides is 1. The van der Waals surface area contributed by atoms with Gasteiger partial charge in [-0.1, -0.05) is 13.8 Å². The maximum atomic E-state index is 10.7. The second-order valence-electron chi connectivity index (χ2n) is 3.55. The third-order valence-corrected chi connectivity index (χ3v) is 2.31. The lowest BCUT2D eigenvalue weighted by molar-refractivity contribution is -0.118. The van der Waals surface area contributed by atoms with Gasteiger partial charge in [-0.05, 0) is 12.8 Å². The zero-order valence-corrected chi connectivity index (χ0v) is 9.23. The van der Waals surface area contributed by atoms with E-state index < -0.39 is 0 Å². The molecule has 1 aromatic heterocycles. The number of aromatic nitrogens is 2. The zero-order valence-electron chi connectivity index (χ0n) is 9.23. The van der Waals surface area contributed by atoms with Crippen molar-refractivity contribution in [3.63, 3.8) is 0 Å². The fourth-order valence-electron chi connectivity index (χ4n) is 1.41. The Morgan fingerprint density at radius 3 is 2.80 bits per heavy atom. The molecule has 0 bridgehead atoms. The lowest BCUT2D eigenvalue weighted by atomic mass is 10.2. The maximum Gasteiger partial charge on any atom is 0.239 e. The van der Waals surface area contributed by atoms with Crippen molar-refractivity contribution >= 4 is 11.6 Å². The molecule has 84 valence electrons. The van der Waals surface area contributed by atoms with Crippen molar-refractivity contribution in [3.8, 4) is 0 Å². The first-order chi connectivity index (χ1) is 7.15. The first-order valence-electron chi connectivity index (χ1n) is 5.23. The average molecular weight is 210 g/mol. The highest BCUT2D eigenvalue weighted by molar-refractivity contribution is 5.73. The maximum absolute atomic E-state index is 10.7. The first kappa shape index (κ1) is 11.6. The minimum atomic E-state index is -0.382. The second kappa shape index (κ2) is 5.38. The van der Waals surface area contributed by atoms with Crippen LogP contribution >= 0.6 is 0 Å². The molecule has 0 saturated carbocycles. The van der Waals surface area contributed by atoms with Crippen LogP contribution in [0.2, 0.25) is 0 Å². The number of nitrogens with zero attached hydrogens (tertiary/aromatic N) is 2. The molecular formula is C10H18N4O. The number of hydrogen-bond donors (Lipinski definition) is 2. The van der Waals surface area contributed by atoms with Crippen LogP contribution in [0.25, 0.3) is 0 Å². The highest BCUT2D eigenvalue weighted by Gasteiger charge is 2.05. The van der Waals surface area contributed by atoms with Gasteiger partial charge in [0.15, 0.2) is 0 Å². The molecule has 0 radical (unpaired) electrons. The van der Waals surface area contributed by atoms with Crippen LogP contribution in [0.3, 0.4) is 0 Å². The summed E-state index contributed by atoms with van der Waals surface area (Å²) in [7, 11) is 0. The van der Waals surface area contributed by atoms with Crippen molar-refractivity contribution in [1.29, 1.82) is 0 Å². The van der Waals surface area contributed by atoms with Crippen molar-refractivity contribution in [2.24, 2.45) is 5.73 Å². The number of rotatable bonds is 6. The summed E-state index contributed by atoms with van der Waals surface area (Å²) in [5, 5.41) is 7.37. The normalized spacial score (nSPS) is 10.6. The van der Waals surface area contributed by atoms with E-state index in [0.717, 1.165) is 18.5 Å². The summed E-state index contributed by atoms with van der Waals surface area (Å²) in [5.41, 5.74) is 6.00. The van der Waals surface area contributed by atoms with Gasteiger partial charge in [0.25, 0.3) is 0 Å². The van der Waals surface area contributed by atoms with Crippen molar-refractivity contribution in [2.75, 3.05) is 5.32 Å². The number of carbonyl (C=O) groups excluding carboxylic acids is 1. The monoisotopic (exact) mass is 210 g/mol. The fourth-order valence-corrected chi connectivity index (χ4v) is 1.41. The summed E-state index contributed by atoms with van der Waals surface area (Å²) >= 11 is 0. The Balaban J connectivity index is 2.55. The smallest absolute Gasteiger partial charge is 0.239 e. The quantitative estimate of drug-likeness (QED) is 0.734. The Kier molecular flexibility index (Phi) is 4.15. The molecule has 0 unspecified atom stereocenters. The SMILES string of the molecule is CCC(CC)Nc1cnn(CC(N)=O)c1. The van der Waals surface area contributed by atoms with Crippen molar-refractivity contribution in [2.45, 2.75) is 39.3 Å². The summed E-state index contributed by atoms with van der Waals surface area (Å²) in [5.74, 6) is -0.382. The number of hydrogen-bond acceptors (Lipinski definition) is 3. The van der Waals surface area contributed by atoms with E-state index in [9.17, 15) is 4.79 Å². The predicted octanol–water partition coefficient (Wildman–Crippen LogP) is 0.969. The number of carbonyl (C=O) groups is 1. The van der Waals surface area contributed by atoms with E-state index in [1.54, 1.807) is 12.4 Å². The van der Waals surface area contributed by atoms with Gasteiger partial charge < -0.3 is 11.1 Å². The van der Waals surface area contributed by atoms with Gasteiger partial charge in [0, 0.05) is 12.2 Å². The van der Waals surface area contributed by atoms with E-state index in [2.05, 4.69) is 24.3 Å². The summed E-state index contributed by atoms with van der Waals surface area (Å²) < 4.78 is 1.53. The van der Waals surface area contributed by atoms with Crippen LogP contribution in [0.5, 0.6) is 0 Å². The molecule has 0 saturated heterocycles. The van der Waals surface area contributed by atoms with E-state index in [4.69, 9.17) is 5.73 Å². The van der Waals surface area contributed by atoms with E-state index in [1.807, 2.05) is 0 Å². The number of nitrogens with one attached hydrogen (secondary N) is 1. The van der Waals surface area contributed by atoms with Crippen LogP contribution in [0, 0.1) is 0 Å². The number of primary amides is 1. The van der Waals surface area contributed by atoms with Gasteiger partial charge in [-0.3, -0.25) is 9.48 Å². The largest absolute Gasteiger partial charge is 0.380 e. The zero-order chi connectivity index (χ0) is 11.3. The van der Waals surface area contributed by atoms with Gasteiger partial charge in [-0.25, -0.2) is 0 Å². The molecule has 0 aliphatic carbocycles. The Labute approximate surface area is 89.6 Å². The van der Waals surface area contributed by atoms with Gasteiger partial charge in [-0.15, -0.1) is 0 Å². The van der Waals surface area contributed by atoms with Crippen LogP contribution in [-0.4, -0.2) is 21.7 Å². The lowest BCUT2D eigenvalue weighted by Crippen LogP contribution is -2.19. The minimum Gasteiger partial charge on any atom is -0.380 e. The number of anilines is 1.